The first-order chi connectivity index (χ1) is 10.5. The van der Waals surface area contributed by atoms with Crippen LogP contribution in [0.25, 0.3) is 0 Å². The fourth-order valence-corrected chi connectivity index (χ4v) is 2.00. The number of aryl methyl sites for hydroxylation is 1. The van der Waals surface area contributed by atoms with Gasteiger partial charge in [0, 0.05) is 24.4 Å². The monoisotopic (exact) mass is 295 g/mol. The molecule has 0 aliphatic carbocycles. The summed E-state index contributed by atoms with van der Waals surface area (Å²) in [4.78, 5) is 16.0. The Hall–Kier alpha value is -2.96. The van der Waals surface area contributed by atoms with Crippen molar-refractivity contribution < 1.29 is 14.1 Å². The molecule has 0 bridgehead atoms. The lowest BCUT2D eigenvalue weighted by molar-refractivity contribution is 0.102. The molecule has 1 aromatic heterocycles. The third-order valence-corrected chi connectivity index (χ3v) is 3.19. The zero-order valence-corrected chi connectivity index (χ0v) is 12.1. The summed E-state index contributed by atoms with van der Waals surface area (Å²) in [5.41, 5.74) is 1.84. The summed E-state index contributed by atoms with van der Waals surface area (Å²) in [7, 11) is 1.27. The van der Waals surface area contributed by atoms with Crippen molar-refractivity contribution in [1.82, 2.24) is 9.55 Å². The average molecular weight is 295 g/mol. The van der Waals surface area contributed by atoms with Crippen LogP contribution in [0.2, 0.25) is 0 Å². The topological polar surface area (TPSA) is 65.4 Å². The molecular formula is C15H14BN3O3. The summed E-state index contributed by atoms with van der Waals surface area (Å²) in [5, 5.41) is 2.78. The average Bonchev–Trinajstić information content (AvgIpc) is 3.07. The maximum atomic E-state index is 12.0. The van der Waals surface area contributed by atoms with E-state index in [2.05, 4.69) is 23.5 Å². The fraction of sp³-hybridized carbons (Fsp3) is 0.0667. The van der Waals surface area contributed by atoms with Crippen LogP contribution in [0.4, 0.5) is 5.69 Å². The molecule has 0 spiro atoms. The Bertz CT molecular complexity index is 736. The molecule has 1 aliphatic rings. The lowest BCUT2D eigenvalue weighted by Gasteiger charge is -2.06. The van der Waals surface area contributed by atoms with Gasteiger partial charge in [-0.1, -0.05) is 25.3 Å². The summed E-state index contributed by atoms with van der Waals surface area (Å²) < 4.78 is 12.6. The van der Waals surface area contributed by atoms with Gasteiger partial charge < -0.3 is 19.2 Å². The number of rotatable bonds is 3. The molecule has 0 saturated carbocycles. The maximum Gasteiger partial charge on any atom is 0.632 e. The first kappa shape index (κ1) is 14.0. The van der Waals surface area contributed by atoms with Crippen molar-refractivity contribution in [2.24, 2.45) is 7.05 Å². The minimum atomic E-state index is -0.541. The van der Waals surface area contributed by atoms with Crippen molar-refractivity contribution in [3.63, 3.8) is 0 Å². The van der Waals surface area contributed by atoms with E-state index in [0.717, 1.165) is 5.46 Å². The molecule has 0 unspecified atom stereocenters. The molecule has 1 aromatic carbocycles. The molecule has 6 nitrogen and oxygen atoms in total. The van der Waals surface area contributed by atoms with E-state index in [1.165, 1.54) is 0 Å². The normalized spacial score (nSPS) is 13.8. The number of hydrogen-bond donors (Lipinski definition) is 1. The van der Waals surface area contributed by atoms with Gasteiger partial charge in [0.2, 0.25) is 0 Å². The minimum Gasteiger partial charge on any atom is -0.520 e. The SMILES string of the molecule is C=C1OB(c2ccc(NC(=O)c3cn(C)cn3)cc2)OC1=C. The molecule has 1 saturated heterocycles. The number of nitrogens with one attached hydrogen (secondary N) is 1. The lowest BCUT2D eigenvalue weighted by Crippen LogP contribution is -2.31. The molecule has 7 heteroatoms. The Morgan fingerprint density at radius 1 is 1.23 bits per heavy atom. The van der Waals surface area contributed by atoms with Gasteiger partial charge in [0.05, 0.1) is 6.33 Å². The predicted octanol–water partition coefficient (Wildman–Crippen LogP) is 1.44. The van der Waals surface area contributed by atoms with Crippen molar-refractivity contribution in [1.29, 1.82) is 0 Å². The molecule has 2 aromatic rings. The van der Waals surface area contributed by atoms with Crippen molar-refractivity contribution >= 4 is 24.2 Å². The smallest absolute Gasteiger partial charge is 0.520 e. The second-order valence-electron chi connectivity index (χ2n) is 4.91. The Morgan fingerprint density at radius 2 is 1.86 bits per heavy atom. The summed E-state index contributed by atoms with van der Waals surface area (Å²) >= 11 is 0. The van der Waals surface area contributed by atoms with Gasteiger partial charge in [-0.15, -0.1) is 0 Å². The van der Waals surface area contributed by atoms with Crippen LogP contribution < -0.4 is 10.8 Å². The van der Waals surface area contributed by atoms with E-state index in [1.807, 2.05) is 19.2 Å². The van der Waals surface area contributed by atoms with E-state index in [0.29, 0.717) is 22.9 Å². The Labute approximate surface area is 128 Å². The first-order valence-corrected chi connectivity index (χ1v) is 6.64. The number of nitrogens with zero attached hydrogens (tertiary/aromatic N) is 2. The number of hydrogen-bond acceptors (Lipinski definition) is 4. The summed E-state index contributed by atoms with van der Waals surface area (Å²) in [6.45, 7) is 7.38. The van der Waals surface area contributed by atoms with Crippen LogP contribution in [0.15, 0.2) is 61.5 Å². The predicted molar refractivity (Wildman–Crippen MR) is 83.4 cm³/mol. The molecule has 0 atom stereocenters. The molecular weight excluding hydrogens is 281 g/mol. The van der Waals surface area contributed by atoms with Crippen LogP contribution in [0.1, 0.15) is 10.5 Å². The highest BCUT2D eigenvalue weighted by Crippen LogP contribution is 2.20. The van der Waals surface area contributed by atoms with Crippen molar-refractivity contribution in [2.45, 2.75) is 0 Å². The molecule has 3 rings (SSSR count). The highest BCUT2D eigenvalue weighted by molar-refractivity contribution is 6.62. The second kappa shape index (κ2) is 5.44. The Kier molecular flexibility index (Phi) is 3.46. The zero-order chi connectivity index (χ0) is 15.7. The van der Waals surface area contributed by atoms with Gasteiger partial charge in [0.15, 0.2) is 0 Å². The van der Waals surface area contributed by atoms with E-state index >= 15 is 0 Å². The number of anilines is 1. The quantitative estimate of drug-likeness (QED) is 0.870. The Balaban J connectivity index is 1.68. The van der Waals surface area contributed by atoms with Crippen LogP contribution >= 0.6 is 0 Å². The zero-order valence-electron chi connectivity index (χ0n) is 12.1. The van der Waals surface area contributed by atoms with E-state index in [-0.39, 0.29) is 5.91 Å². The summed E-state index contributed by atoms with van der Waals surface area (Å²) in [5.74, 6) is 0.596. The summed E-state index contributed by atoms with van der Waals surface area (Å²) in [6, 6.07) is 7.16. The van der Waals surface area contributed by atoms with Gasteiger partial charge >= 0.3 is 7.12 Å². The molecule has 1 amide bonds. The number of benzene rings is 1. The molecule has 110 valence electrons. The van der Waals surface area contributed by atoms with E-state index in [9.17, 15) is 4.79 Å². The largest absolute Gasteiger partial charge is 0.632 e. The number of carbonyl (C=O) groups excluding carboxylic acids is 1. The fourth-order valence-electron chi connectivity index (χ4n) is 2.00. The third kappa shape index (κ3) is 2.74. The molecule has 1 aliphatic heterocycles. The number of imidazole rings is 1. The molecule has 22 heavy (non-hydrogen) atoms. The van der Waals surface area contributed by atoms with E-state index in [4.69, 9.17) is 9.31 Å². The molecule has 0 radical (unpaired) electrons. The van der Waals surface area contributed by atoms with Crippen LogP contribution in [0.3, 0.4) is 0 Å². The number of aromatic nitrogens is 2. The first-order valence-electron chi connectivity index (χ1n) is 6.64. The minimum absolute atomic E-state index is 0.261. The Morgan fingerprint density at radius 3 is 2.41 bits per heavy atom. The molecule has 1 fully saturated rings. The van der Waals surface area contributed by atoms with Crippen LogP contribution in [-0.2, 0) is 16.4 Å². The van der Waals surface area contributed by atoms with Gasteiger partial charge in [-0.2, -0.15) is 0 Å². The number of carbonyl (C=O) groups is 1. The van der Waals surface area contributed by atoms with Crippen LogP contribution in [0, 0.1) is 0 Å². The van der Waals surface area contributed by atoms with E-state index in [1.54, 1.807) is 29.2 Å². The van der Waals surface area contributed by atoms with Crippen LogP contribution in [-0.4, -0.2) is 22.6 Å². The molecule has 2 heterocycles. The van der Waals surface area contributed by atoms with Gasteiger partial charge in [-0.05, 0) is 12.1 Å². The summed E-state index contributed by atoms with van der Waals surface area (Å²) in [6.07, 6.45) is 3.23. The van der Waals surface area contributed by atoms with Gasteiger partial charge in [-0.25, -0.2) is 4.98 Å². The molecule has 1 N–H and O–H groups in total. The van der Waals surface area contributed by atoms with E-state index < -0.39 is 7.12 Å². The third-order valence-electron chi connectivity index (χ3n) is 3.19. The number of amides is 1. The highest BCUT2D eigenvalue weighted by atomic mass is 16.6. The highest BCUT2D eigenvalue weighted by Gasteiger charge is 2.34. The lowest BCUT2D eigenvalue weighted by atomic mass is 9.79. The van der Waals surface area contributed by atoms with Gasteiger partial charge in [0.1, 0.15) is 17.2 Å². The van der Waals surface area contributed by atoms with Crippen LogP contribution in [0.5, 0.6) is 0 Å². The van der Waals surface area contributed by atoms with Gasteiger partial charge in [0.25, 0.3) is 5.91 Å². The van der Waals surface area contributed by atoms with Crippen molar-refractivity contribution in [3.8, 4) is 0 Å². The maximum absolute atomic E-state index is 12.0. The van der Waals surface area contributed by atoms with Gasteiger partial charge in [-0.3, -0.25) is 4.79 Å². The van der Waals surface area contributed by atoms with Crippen molar-refractivity contribution in [2.75, 3.05) is 5.32 Å². The second-order valence-corrected chi connectivity index (χ2v) is 4.91. The standard InChI is InChI=1S/C15H14BN3O3/c1-10-11(2)22-16(21-10)12-4-6-13(7-5-12)18-15(20)14-8-19(3)9-17-14/h4-9H,1-2H2,3H3,(H,18,20). The van der Waals surface area contributed by atoms with Crippen molar-refractivity contribution in [3.05, 3.63) is 67.2 Å².